The van der Waals surface area contributed by atoms with Crippen LogP contribution in [0.4, 0.5) is 61.9 Å². The lowest BCUT2D eigenvalue weighted by molar-refractivity contribution is -0.440. The maximum atomic E-state index is 14.3. The number of nitrogens with one attached hydrogen (secondary N) is 1. The molecule has 0 aromatic heterocycles. The molecule has 1 amide bonds. The Morgan fingerprint density at radius 3 is 1.63 bits per heavy atom. The second kappa shape index (κ2) is 13.4. The van der Waals surface area contributed by atoms with E-state index < -0.39 is 75.9 Å². The van der Waals surface area contributed by atoms with Crippen LogP contribution in [0.3, 0.4) is 0 Å². The summed E-state index contributed by atoms with van der Waals surface area (Å²) < 4.78 is 199. The number of hydrogen-bond donors (Lipinski definition) is 1. The standard InChI is InChI=1S/C20H28F13NO6Si/c1-4-37-41(38-5-2,39-6-3)9-7-8-34-14(35)40-12(13-11-36-13)10-15(21,22)16(23,24)17(25,26)18(27,28)19(29,30)20(31,32)33/h12-13H,4-11H2,1-3H3,(H,34,35). The van der Waals surface area contributed by atoms with Gasteiger partial charge in [0.1, 0.15) is 12.2 Å². The fourth-order valence-electron chi connectivity index (χ4n) is 3.38. The molecule has 2 atom stereocenters. The minimum absolute atomic E-state index is 0.0782. The molecule has 1 rings (SSSR count). The third kappa shape index (κ3) is 8.08. The van der Waals surface area contributed by atoms with Gasteiger partial charge in [0.15, 0.2) is 0 Å². The van der Waals surface area contributed by atoms with Crippen molar-refractivity contribution in [1.29, 1.82) is 0 Å². The first kappa shape index (κ1) is 37.4. The molecule has 1 aliphatic heterocycles. The number of rotatable bonds is 18. The van der Waals surface area contributed by atoms with Crippen molar-refractivity contribution in [3.05, 3.63) is 0 Å². The van der Waals surface area contributed by atoms with E-state index in [0.717, 1.165) is 0 Å². The van der Waals surface area contributed by atoms with Crippen LogP contribution in [0.1, 0.15) is 33.6 Å². The number of ether oxygens (including phenoxy) is 2. The summed E-state index contributed by atoms with van der Waals surface area (Å²) in [6.45, 7) is 4.79. The van der Waals surface area contributed by atoms with Gasteiger partial charge in [-0.05, 0) is 27.2 Å². The van der Waals surface area contributed by atoms with E-state index in [1.165, 1.54) is 0 Å². The Hall–Kier alpha value is -1.58. The summed E-state index contributed by atoms with van der Waals surface area (Å²) in [7, 11) is -3.17. The number of epoxide rings is 1. The van der Waals surface area contributed by atoms with Crippen molar-refractivity contribution in [2.75, 3.05) is 33.0 Å². The van der Waals surface area contributed by atoms with Crippen molar-refractivity contribution in [2.24, 2.45) is 0 Å². The van der Waals surface area contributed by atoms with Crippen molar-refractivity contribution < 1.29 is 84.6 Å². The maximum Gasteiger partial charge on any atom is 0.500 e. The molecule has 1 N–H and O–H groups in total. The van der Waals surface area contributed by atoms with E-state index in [1.54, 1.807) is 20.8 Å². The van der Waals surface area contributed by atoms with Gasteiger partial charge in [-0.1, -0.05) is 0 Å². The molecule has 1 saturated heterocycles. The lowest BCUT2D eigenvalue weighted by atomic mass is 9.91. The van der Waals surface area contributed by atoms with E-state index in [2.05, 4.69) is 9.47 Å². The highest BCUT2D eigenvalue weighted by Gasteiger charge is 2.90. The first-order chi connectivity index (χ1) is 18.5. The van der Waals surface area contributed by atoms with Gasteiger partial charge in [-0.15, -0.1) is 0 Å². The monoisotopic (exact) mass is 653 g/mol. The fourth-order valence-corrected chi connectivity index (χ4v) is 5.99. The molecule has 21 heteroatoms. The van der Waals surface area contributed by atoms with Gasteiger partial charge in [0.05, 0.1) is 13.0 Å². The lowest BCUT2D eigenvalue weighted by Gasteiger charge is -2.40. The Morgan fingerprint density at radius 1 is 0.805 bits per heavy atom. The highest BCUT2D eigenvalue weighted by atomic mass is 28.4. The zero-order valence-corrected chi connectivity index (χ0v) is 22.7. The third-order valence-electron chi connectivity index (χ3n) is 5.51. The van der Waals surface area contributed by atoms with E-state index in [9.17, 15) is 61.9 Å². The van der Waals surface area contributed by atoms with Crippen molar-refractivity contribution in [1.82, 2.24) is 5.32 Å². The Labute approximate surface area is 226 Å². The van der Waals surface area contributed by atoms with E-state index in [0.29, 0.717) is 0 Å². The average molecular weight is 654 g/mol. The smallest absolute Gasteiger partial charge is 0.443 e. The van der Waals surface area contributed by atoms with Gasteiger partial charge in [-0.25, -0.2) is 4.79 Å². The number of carbonyl (C=O) groups is 1. The first-order valence-corrected chi connectivity index (χ1v) is 13.9. The molecule has 1 aliphatic rings. The molecule has 244 valence electrons. The maximum absolute atomic E-state index is 14.3. The summed E-state index contributed by atoms with van der Waals surface area (Å²) in [6.07, 6.45) is -15.9. The number of alkyl carbamates (subject to hydrolysis) is 1. The van der Waals surface area contributed by atoms with Crippen molar-refractivity contribution in [3.8, 4) is 0 Å². The van der Waals surface area contributed by atoms with E-state index in [-0.39, 0.29) is 38.8 Å². The van der Waals surface area contributed by atoms with Crippen LogP contribution >= 0.6 is 0 Å². The zero-order valence-electron chi connectivity index (χ0n) is 21.7. The number of amides is 1. The summed E-state index contributed by atoms with van der Waals surface area (Å²) in [5.74, 6) is -37.7. The highest BCUT2D eigenvalue weighted by molar-refractivity contribution is 6.60. The fraction of sp³-hybridized carbons (Fsp3) is 0.950. The van der Waals surface area contributed by atoms with Gasteiger partial charge in [-0.3, -0.25) is 0 Å². The number of alkyl halides is 13. The van der Waals surface area contributed by atoms with Crippen LogP contribution in [0.2, 0.25) is 6.04 Å². The molecule has 2 unspecified atom stereocenters. The Kier molecular flexibility index (Phi) is 12.2. The topological polar surface area (TPSA) is 78.6 Å². The van der Waals surface area contributed by atoms with E-state index in [1.807, 2.05) is 5.32 Å². The van der Waals surface area contributed by atoms with Crippen LogP contribution in [0.15, 0.2) is 0 Å². The largest absolute Gasteiger partial charge is 0.500 e. The van der Waals surface area contributed by atoms with Gasteiger partial charge in [0.2, 0.25) is 0 Å². The van der Waals surface area contributed by atoms with Gasteiger partial charge >= 0.3 is 50.7 Å². The van der Waals surface area contributed by atoms with Gasteiger partial charge in [0.25, 0.3) is 0 Å². The number of halogens is 13. The number of hydrogen-bond acceptors (Lipinski definition) is 6. The Morgan fingerprint density at radius 2 is 1.24 bits per heavy atom. The molecule has 0 aliphatic carbocycles. The Balaban J connectivity index is 2.97. The molecule has 0 aromatic carbocycles. The second-order valence-corrected chi connectivity index (χ2v) is 11.3. The van der Waals surface area contributed by atoms with Crippen molar-refractivity contribution in [2.45, 2.75) is 87.7 Å². The molecule has 1 heterocycles. The average Bonchev–Trinajstić information content (AvgIpc) is 3.66. The molecule has 1 fully saturated rings. The van der Waals surface area contributed by atoms with Gasteiger partial charge < -0.3 is 28.1 Å². The Bertz CT molecular complexity index is 841. The van der Waals surface area contributed by atoms with Crippen LogP contribution in [-0.2, 0) is 22.8 Å². The molecule has 0 aromatic rings. The summed E-state index contributed by atoms with van der Waals surface area (Å²) in [4.78, 5) is 12.0. The summed E-state index contributed by atoms with van der Waals surface area (Å²) in [5.41, 5.74) is 0. The van der Waals surface area contributed by atoms with Crippen LogP contribution in [0.5, 0.6) is 0 Å². The summed E-state index contributed by atoms with van der Waals surface area (Å²) in [6, 6.07) is 0.133. The summed E-state index contributed by atoms with van der Waals surface area (Å²) in [5, 5.41) is 2.02. The highest BCUT2D eigenvalue weighted by Crippen LogP contribution is 2.61. The molecule has 0 bridgehead atoms. The van der Waals surface area contributed by atoms with Gasteiger partial charge in [-0.2, -0.15) is 57.1 Å². The van der Waals surface area contributed by atoms with Crippen LogP contribution in [-0.4, -0.2) is 95.9 Å². The van der Waals surface area contributed by atoms with Crippen LogP contribution in [0, 0.1) is 0 Å². The van der Waals surface area contributed by atoms with Crippen LogP contribution < -0.4 is 5.32 Å². The summed E-state index contributed by atoms with van der Waals surface area (Å²) >= 11 is 0. The third-order valence-corrected chi connectivity index (χ3v) is 8.66. The predicted octanol–water partition coefficient (Wildman–Crippen LogP) is 6.05. The molecule has 41 heavy (non-hydrogen) atoms. The normalized spacial score (nSPS) is 18.3. The van der Waals surface area contributed by atoms with Crippen molar-refractivity contribution in [3.63, 3.8) is 0 Å². The number of carbonyl (C=O) groups excluding carboxylic acids is 1. The van der Waals surface area contributed by atoms with Gasteiger partial charge in [0, 0.05) is 32.4 Å². The second-order valence-electron chi connectivity index (χ2n) is 8.53. The minimum atomic E-state index is -8.02. The molecule has 0 saturated carbocycles. The van der Waals surface area contributed by atoms with E-state index in [4.69, 9.17) is 13.3 Å². The quantitative estimate of drug-likeness (QED) is 0.0841. The minimum Gasteiger partial charge on any atom is -0.443 e. The SMILES string of the molecule is CCO[Si](CCCNC(=O)OC(CC(F)(F)C(F)(F)C(F)(F)C(F)(F)C(F)(F)C(F)(F)F)C1CO1)(OCC)OCC. The molecule has 7 nitrogen and oxygen atoms in total. The molecular weight excluding hydrogens is 625 g/mol. The first-order valence-electron chi connectivity index (χ1n) is 11.9. The zero-order chi connectivity index (χ0) is 32.1. The predicted molar refractivity (Wildman–Crippen MR) is 113 cm³/mol. The molecule has 0 spiro atoms. The lowest BCUT2D eigenvalue weighted by Crippen LogP contribution is -2.70. The molecule has 0 radical (unpaired) electrons. The van der Waals surface area contributed by atoms with E-state index >= 15 is 0 Å². The molecular formula is C20H28F13NO6Si. The van der Waals surface area contributed by atoms with Crippen molar-refractivity contribution >= 4 is 14.9 Å². The van der Waals surface area contributed by atoms with Crippen LogP contribution in [0.25, 0.3) is 0 Å².